The maximum atomic E-state index is 13.6. The minimum Gasteiger partial charge on any atom is -0.494 e. The molecule has 0 N–H and O–H groups in total. The fourth-order valence-corrected chi connectivity index (χ4v) is 4.15. The van der Waals surface area contributed by atoms with E-state index >= 15 is 0 Å². The Labute approximate surface area is 165 Å². The Morgan fingerprint density at radius 3 is 2.93 bits per heavy atom. The van der Waals surface area contributed by atoms with Crippen molar-refractivity contribution in [2.45, 2.75) is 45.1 Å². The molecule has 2 aliphatic heterocycles. The minimum absolute atomic E-state index is 0.0479. The number of aryl methyl sites for hydroxylation is 1. The Morgan fingerprint density at radius 2 is 2.14 bits per heavy atom. The van der Waals surface area contributed by atoms with Crippen LogP contribution in [0.15, 0.2) is 36.7 Å². The van der Waals surface area contributed by atoms with Gasteiger partial charge < -0.3 is 9.64 Å². The molecule has 0 saturated carbocycles. The predicted molar refractivity (Wildman–Crippen MR) is 106 cm³/mol. The maximum absolute atomic E-state index is 13.6. The van der Waals surface area contributed by atoms with Gasteiger partial charge in [-0.15, -0.1) is 0 Å². The molecular weight excluding hydrogens is 357 g/mol. The summed E-state index contributed by atoms with van der Waals surface area (Å²) in [6, 6.07) is 7.79. The number of carbonyl (C=O) groups is 1. The number of nitrogens with zero attached hydrogens (tertiary/aromatic N) is 3. The van der Waals surface area contributed by atoms with Crippen molar-refractivity contribution < 1.29 is 13.9 Å². The number of carbonyl (C=O) groups excluding carboxylic acids is 1. The first-order valence-corrected chi connectivity index (χ1v) is 10.0. The number of halogens is 1. The summed E-state index contributed by atoms with van der Waals surface area (Å²) in [5.74, 6) is 0.317. The molecule has 1 fully saturated rings. The lowest BCUT2D eigenvalue weighted by Crippen LogP contribution is -2.31. The zero-order chi connectivity index (χ0) is 19.5. The summed E-state index contributed by atoms with van der Waals surface area (Å²) >= 11 is 0. The standard InChI is InChI=1S/C22H26FN3O2/c1-16-4-2-9-25(16)10-3-11-28-20-6-7-21-17(12-20)5-8-22(27)26(21)19-13-18(23)14-24-15-19/h6-7,12-16H,2-5,8-11H2,1H3/t16-/m1/s1. The first-order chi connectivity index (χ1) is 13.6. The SMILES string of the molecule is C[C@@H]1CCCN1CCCOc1ccc2c(c1)CCC(=O)N2c1cncc(F)c1. The van der Waals surface area contributed by atoms with E-state index in [-0.39, 0.29) is 5.91 Å². The zero-order valence-electron chi connectivity index (χ0n) is 16.2. The molecule has 2 aliphatic rings. The molecule has 0 unspecified atom stereocenters. The molecule has 0 aliphatic carbocycles. The van der Waals surface area contributed by atoms with Gasteiger partial charge in [0.1, 0.15) is 11.6 Å². The number of benzene rings is 1. The second-order valence-corrected chi connectivity index (χ2v) is 7.61. The highest BCUT2D eigenvalue weighted by Gasteiger charge is 2.26. The molecule has 3 heterocycles. The molecule has 0 bridgehead atoms. The third-order valence-corrected chi connectivity index (χ3v) is 5.65. The van der Waals surface area contributed by atoms with Gasteiger partial charge in [-0.05, 0) is 62.9 Å². The molecule has 1 amide bonds. The highest BCUT2D eigenvalue weighted by molar-refractivity contribution is 6.03. The molecule has 1 aromatic heterocycles. The van der Waals surface area contributed by atoms with Crippen LogP contribution in [0.3, 0.4) is 0 Å². The summed E-state index contributed by atoms with van der Waals surface area (Å²) in [4.78, 5) is 20.4. The number of likely N-dealkylation sites (tertiary alicyclic amines) is 1. The molecule has 6 heteroatoms. The van der Waals surface area contributed by atoms with Gasteiger partial charge in [0.05, 0.1) is 30.4 Å². The molecule has 1 aromatic carbocycles. The molecule has 28 heavy (non-hydrogen) atoms. The van der Waals surface area contributed by atoms with Crippen molar-refractivity contribution in [3.05, 3.63) is 48.0 Å². The van der Waals surface area contributed by atoms with E-state index in [4.69, 9.17) is 4.74 Å². The van der Waals surface area contributed by atoms with Crippen LogP contribution in [0.5, 0.6) is 5.75 Å². The largest absolute Gasteiger partial charge is 0.494 e. The van der Waals surface area contributed by atoms with Crippen LogP contribution in [-0.4, -0.2) is 41.5 Å². The molecule has 0 radical (unpaired) electrons. The number of hydrogen-bond acceptors (Lipinski definition) is 4. The summed E-state index contributed by atoms with van der Waals surface area (Å²) in [5, 5.41) is 0. The van der Waals surface area contributed by atoms with Gasteiger partial charge in [-0.1, -0.05) is 0 Å². The molecule has 0 spiro atoms. The van der Waals surface area contributed by atoms with Crippen molar-refractivity contribution in [1.82, 2.24) is 9.88 Å². The van der Waals surface area contributed by atoms with Crippen molar-refractivity contribution in [1.29, 1.82) is 0 Å². The van der Waals surface area contributed by atoms with E-state index in [1.165, 1.54) is 31.6 Å². The van der Waals surface area contributed by atoms with E-state index < -0.39 is 5.82 Å². The minimum atomic E-state index is -0.454. The topological polar surface area (TPSA) is 45.7 Å². The number of hydrogen-bond donors (Lipinski definition) is 0. The van der Waals surface area contributed by atoms with Crippen LogP contribution >= 0.6 is 0 Å². The summed E-state index contributed by atoms with van der Waals surface area (Å²) in [6.07, 6.45) is 7.29. The van der Waals surface area contributed by atoms with E-state index in [1.54, 1.807) is 4.90 Å². The number of fused-ring (bicyclic) bond motifs is 1. The summed E-state index contributed by atoms with van der Waals surface area (Å²) in [5.41, 5.74) is 2.27. The van der Waals surface area contributed by atoms with Gasteiger partial charge in [0.2, 0.25) is 5.91 Å². The molecule has 1 saturated heterocycles. The third kappa shape index (κ3) is 4.02. The van der Waals surface area contributed by atoms with Crippen LogP contribution in [0, 0.1) is 5.82 Å². The average Bonchev–Trinajstić information content (AvgIpc) is 3.10. The highest BCUT2D eigenvalue weighted by Crippen LogP contribution is 2.36. The van der Waals surface area contributed by atoms with Crippen molar-refractivity contribution in [2.24, 2.45) is 0 Å². The van der Waals surface area contributed by atoms with Crippen molar-refractivity contribution in [2.75, 3.05) is 24.6 Å². The number of anilines is 2. The Hall–Kier alpha value is -2.47. The van der Waals surface area contributed by atoms with Crippen molar-refractivity contribution in [3.8, 4) is 5.75 Å². The second kappa shape index (κ2) is 8.27. The summed E-state index contributed by atoms with van der Waals surface area (Å²) in [7, 11) is 0. The molecular formula is C22H26FN3O2. The average molecular weight is 383 g/mol. The van der Waals surface area contributed by atoms with Gasteiger partial charge in [-0.25, -0.2) is 4.39 Å². The molecule has 5 nitrogen and oxygen atoms in total. The van der Waals surface area contributed by atoms with Gasteiger partial charge in [0.25, 0.3) is 0 Å². The van der Waals surface area contributed by atoms with Crippen LogP contribution in [0.2, 0.25) is 0 Å². The van der Waals surface area contributed by atoms with E-state index in [0.717, 1.165) is 36.2 Å². The van der Waals surface area contributed by atoms with Gasteiger partial charge in [-0.3, -0.25) is 14.7 Å². The van der Waals surface area contributed by atoms with Crippen LogP contribution < -0.4 is 9.64 Å². The number of amides is 1. The van der Waals surface area contributed by atoms with Crippen molar-refractivity contribution in [3.63, 3.8) is 0 Å². The Balaban J connectivity index is 1.42. The van der Waals surface area contributed by atoms with Gasteiger partial charge >= 0.3 is 0 Å². The van der Waals surface area contributed by atoms with E-state index in [1.807, 2.05) is 18.2 Å². The van der Waals surface area contributed by atoms with Crippen LogP contribution in [0.4, 0.5) is 15.8 Å². The third-order valence-electron chi connectivity index (χ3n) is 5.65. The molecule has 2 aromatic rings. The Bertz CT molecular complexity index is 857. The summed E-state index contributed by atoms with van der Waals surface area (Å²) < 4.78 is 19.5. The van der Waals surface area contributed by atoms with Gasteiger partial charge in [0.15, 0.2) is 0 Å². The lowest BCUT2D eigenvalue weighted by atomic mass is 10.0. The number of ether oxygens (including phenoxy) is 1. The first kappa shape index (κ1) is 18.9. The monoisotopic (exact) mass is 383 g/mol. The van der Waals surface area contributed by atoms with Crippen molar-refractivity contribution >= 4 is 17.3 Å². The predicted octanol–water partition coefficient (Wildman–Crippen LogP) is 4.08. The summed E-state index contributed by atoms with van der Waals surface area (Å²) in [6.45, 7) is 5.23. The number of rotatable bonds is 6. The fraction of sp³-hybridized carbons (Fsp3) is 0.455. The quantitative estimate of drug-likeness (QED) is 0.705. The number of pyridine rings is 1. The van der Waals surface area contributed by atoms with Gasteiger partial charge in [0, 0.05) is 25.1 Å². The van der Waals surface area contributed by atoms with Crippen LogP contribution in [0.25, 0.3) is 0 Å². The van der Waals surface area contributed by atoms with E-state index in [9.17, 15) is 9.18 Å². The Kier molecular flexibility index (Phi) is 5.57. The normalized spacial score (nSPS) is 19.7. The fourth-order valence-electron chi connectivity index (χ4n) is 4.15. The van der Waals surface area contributed by atoms with E-state index in [2.05, 4.69) is 16.8 Å². The van der Waals surface area contributed by atoms with Crippen LogP contribution in [0.1, 0.15) is 38.2 Å². The van der Waals surface area contributed by atoms with Crippen LogP contribution in [-0.2, 0) is 11.2 Å². The number of aromatic nitrogens is 1. The molecule has 148 valence electrons. The van der Waals surface area contributed by atoms with E-state index in [0.29, 0.717) is 31.2 Å². The van der Waals surface area contributed by atoms with Gasteiger partial charge in [-0.2, -0.15) is 0 Å². The lowest BCUT2D eigenvalue weighted by molar-refractivity contribution is -0.118. The smallest absolute Gasteiger partial charge is 0.231 e. The highest BCUT2D eigenvalue weighted by atomic mass is 19.1. The maximum Gasteiger partial charge on any atom is 0.231 e. The molecule has 1 atom stereocenters. The second-order valence-electron chi connectivity index (χ2n) is 7.61. The lowest BCUT2D eigenvalue weighted by Gasteiger charge is -2.29. The first-order valence-electron chi connectivity index (χ1n) is 10.0. The zero-order valence-corrected chi connectivity index (χ0v) is 16.2. The molecule has 4 rings (SSSR count). The Morgan fingerprint density at radius 1 is 1.25 bits per heavy atom.